The number of carbonyl (C=O) groups is 1. The summed E-state index contributed by atoms with van der Waals surface area (Å²) < 4.78 is 13.5. The molecule has 2 aromatic carbocycles. The Balaban J connectivity index is 2.07. The van der Waals surface area contributed by atoms with Gasteiger partial charge in [-0.15, -0.1) is 0 Å². The normalized spacial score (nSPS) is 10.2. The highest BCUT2D eigenvalue weighted by Crippen LogP contribution is 2.20. The zero-order valence-corrected chi connectivity index (χ0v) is 10.6. The van der Waals surface area contributed by atoms with Crippen molar-refractivity contribution in [2.24, 2.45) is 0 Å². The zero-order valence-electron chi connectivity index (χ0n) is 9.86. The fourth-order valence-corrected chi connectivity index (χ4v) is 1.84. The van der Waals surface area contributed by atoms with Crippen LogP contribution in [0.5, 0.6) is 5.75 Å². The Morgan fingerprint density at radius 1 is 1.21 bits per heavy atom. The lowest BCUT2D eigenvalue weighted by molar-refractivity contribution is -0.115. The second-order valence-electron chi connectivity index (χ2n) is 3.97. The van der Waals surface area contributed by atoms with E-state index in [0.29, 0.717) is 5.69 Å². The van der Waals surface area contributed by atoms with Crippen LogP contribution in [0.3, 0.4) is 0 Å². The molecule has 19 heavy (non-hydrogen) atoms. The molecule has 3 nitrogen and oxygen atoms in total. The highest BCUT2D eigenvalue weighted by Gasteiger charge is 2.11. The molecule has 0 aliphatic carbocycles. The summed E-state index contributed by atoms with van der Waals surface area (Å²) in [7, 11) is 0. The molecular weight excluding hydrogens is 269 g/mol. The quantitative estimate of drug-likeness (QED) is 0.847. The molecule has 1 amide bonds. The molecule has 98 valence electrons. The van der Waals surface area contributed by atoms with Crippen LogP contribution in [-0.2, 0) is 11.2 Å². The van der Waals surface area contributed by atoms with E-state index < -0.39 is 5.82 Å². The third-order valence-electron chi connectivity index (χ3n) is 2.55. The molecule has 2 aromatic rings. The number of nitrogens with one attached hydrogen (secondary N) is 1. The number of hydrogen-bond acceptors (Lipinski definition) is 2. The third kappa shape index (κ3) is 3.45. The Bertz CT molecular complexity index is 579. The highest BCUT2D eigenvalue weighted by atomic mass is 35.5. The number of benzene rings is 2. The van der Waals surface area contributed by atoms with Crippen LogP contribution < -0.4 is 5.32 Å². The van der Waals surface area contributed by atoms with E-state index in [4.69, 9.17) is 16.7 Å². The molecule has 0 unspecified atom stereocenters. The van der Waals surface area contributed by atoms with E-state index in [-0.39, 0.29) is 28.7 Å². The molecule has 0 aliphatic heterocycles. The van der Waals surface area contributed by atoms with Gasteiger partial charge in [0.25, 0.3) is 0 Å². The lowest BCUT2D eigenvalue weighted by atomic mass is 10.1. The monoisotopic (exact) mass is 279 g/mol. The van der Waals surface area contributed by atoms with Crippen LogP contribution >= 0.6 is 11.6 Å². The Morgan fingerprint density at radius 3 is 2.53 bits per heavy atom. The van der Waals surface area contributed by atoms with Gasteiger partial charge in [0.15, 0.2) is 0 Å². The van der Waals surface area contributed by atoms with Crippen LogP contribution in [0.2, 0.25) is 5.02 Å². The summed E-state index contributed by atoms with van der Waals surface area (Å²) in [5.41, 5.74) is 0.690. The van der Waals surface area contributed by atoms with Crippen LogP contribution in [0.25, 0.3) is 0 Å². The number of carbonyl (C=O) groups excluding carboxylic acids is 1. The van der Waals surface area contributed by atoms with E-state index in [9.17, 15) is 9.18 Å². The molecule has 0 aliphatic rings. The molecule has 0 spiro atoms. The number of rotatable bonds is 3. The van der Waals surface area contributed by atoms with Gasteiger partial charge in [-0.1, -0.05) is 17.7 Å². The van der Waals surface area contributed by atoms with Crippen molar-refractivity contribution in [2.45, 2.75) is 6.42 Å². The molecule has 0 bridgehead atoms. The van der Waals surface area contributed by atoms with E-state index in [2.05, 4.69) is 5.32 Å². The Labute approximate surface area is 114 Å². The zero-order chi connectivity index (χ0) is 13.8. The molecular formula is C14H11ClFNO2. The minimum Gasteiger partial charge on any atom is -0.508 e. The van der Waals surface area contributed by atoms with Gasteiger partial charge in [-0.25, -0.2) is 4.39 Å². The molecule has 0 saturated carbocycles. The lowest BCUT2D eigenvalue weighted by Crippen LogP contribution is -2.15. The Morgan fingerprint density at radius 2 is 1.89 bits per heavy atom. The van der Waals surface area contributed by atoms with Gasteiger partial charge in [0, 0.05) is 16.3 Å². The standard InChI is InChI=1S/C14H11ClFNO2/c15-12-2-1-3-13(16)11(12)8-14(19)17-9-4-6-10(18)7-5-9/h1-7,18H,8H2,(H,17,19). The van der Waals surface area contributed by atoms with Crippen molar-refractivity contribution in [1.82, 2.24) is 0 Å². The summed E-state index contributed by atoms with van der Waals surface area (Å²) in [4.78, 5) is 11.8. The molecule has 5 heteroatoms. The van der Waals surface area contributed by atoms with Gasteiger partial charge < -0.3 is 10.4 Å². The summed E-state index contributed by atoms with van der Waals surface area (Å²) in [5, 5.41) is 11.9. The molecule has 2 N–H and O–H groups in total. The number of phenols is 1. The predicted octanol–water partition coefficient (Wildman–Crippen LogP) is 3.37. The van der Waals surface area contributed by atoms with Gasteiger partial charge in [0.1, 0.15) is 11.6 Å². The number of aromatic hydroxyl groups is 1. The number of halogens is 2. The number of amides is 1. The van der Waals surface area contributed by atoms with E-state index in [1.807, 2.05) is 0 Å². The van der Waals surface area contributed by atoms with Gasteiger partial charge in [-0.2, -0.15) is 0 Å². The van der Waals surface area contributed by atoms with Crippen LogP contribution in [0.1, 0.15) is 5.56 Å². The third-order valence-corrected chi connectivity index (χ3v) is 2.90. The van der Waals surface area contributed by atoms with Crippen LogP contribution in [0.4, 0.5) is 10.1 Å². The van der Waals surface area contributed by atoms with Crippen molar-refractivity contribution in [1.29, 1.82) is 0 Å². The number of hydrogen-bond donors (Lipinski definition) is 2. The van der Waals surface area contributed by atoms with Crippen LogP contribution in [0, 0.1) is 5.82 Å². The Hall–Kier alpha value is -2.07. The molecule has 0 fully saturated rings. The van der Waals surface area contributed by atoms with E-state index in [1.54, 1.807) is 12.1 Å². The maximum atomic E-state index is 13.5. The fourth-order valence-electron chi connectivity index (χ4n) is 1.61. The summed E-state index contributed by atoms with van der Waals surface area (Å²) in [5.74, 6) is -0.777. The first-order valence-electron chi connectivity index (χ1n) is 5.58. The predicted molar refractivity (Wildman–Crippen MR) is 71.9 cm³/mol. The smallest absolute Gasteiger partial charge is 0.228 e. The Kier molecular flexibility index (Phi) is 4.02. The van der Waals surface area contributed by atoms with Gasteiger partial charge in [0.05, 0.1) is 6.42 Å². The van der Waals surface area contributed by atoms with Crippen molar-refractivity contribution >= 4 is 23.2 Å². The van der Waals surface area contributed by atoms with E-state index >= 15 is 0 Å². The van der Waals surface area contributed by atoms with Gasteiger partial charge >= 0.3 is 0 Å². The molecule has 0 radical (unpaired) electrons. The first-order valence-corrected chi connectivity index (χ1v) is 5.96. The average molecular weight is 280 g/mol. The topological polar surface area (TPSA) is 49.3 Å². The first kappa shape index (κ1) is 13.4. The summed E-state index contributed by atoms with van der Waals surface area (Å²) in [6.07, 6.45) is -0.146. The van der Waals surface area contributed by atoms with Crippen molar-refractivity contribution in [3.8, 4) is 5.75 Å². The maximum Gasteiger partial charge on any atom is 0.228 e. The van der Waals surface area contributed by atoms with Gasteiger partial charge in [-0.3, -0.25) is 4.79 Å². The van der Waals surface area contributed by atoms with Crippen LogP contribution in [-0.4, -0.2) is 11.0 Å². The molecule has 2 rings (SSSR count). The fraction of sp³-hybridized carbons (Fsp3) is 0.0714. The molecule has 0 heterocycles. The average Bonchev–Trinajstić information content (AvgIpc) is 2.37. The lowest BCUT2D eigenvalue weighted by Gasteiger charge is -2.07. The summed E-state index contributed by atoms with van der Waals surface area (Å²) >= 11 is 5.84. The van der Waals surface area contributed by atoms with Crippen molar-refractivity contribution in [3.05, 3.63) is 58.9 Å². The highest BCUT2D eigenvalue weighted by molar-refractivity contribution is 6.31. The molecule has 0 saturated heterocycles. The molecule has 0 aromatic heterocycles. The summed E-state index contributed by atoms with van der Waals surface area (Å²) in [6.45, 7) is 0. The van der Waals surface area contributed by atoms with Gasteiger partial charge in [0.2, 0.25) is 5.91 Å². The van der Waals surface area contributed by atoms with E-state index in [0.717, 1.165) is 0 Å². The molecule has 0 atom stereocenters. The minimum absolute atomic E-state index is 0.107. The second-order valence-corrected chi connectivity index (χ2v) is 4.38. The number of phenolic OH excluding ortho intramolecular Hbond substituents is 1. The first-order chi connectivity index (χ1) is 9.06. The van der Waals surface area contributed by atoms with Crippen molar-refractivity contribution in [2.75, 3.05) is 5.32 Å². The van der Waals surface area contributed by atoms with Crippen molar-refractivity contribution in [3.63, 3.8) is 0 Å². The summed E-state index contributed by atoms with van der Waals surface area (Å²) in [6, 6.07) is 10.3. The van der Waals surface area contributed by atoms with Crippen LogP contribution in [0.15, 0.2) is 42.5 Å². The van der Waals surface area contributed by atoms with Crippen molar-refractivity contribution < 1.29 is 14.3 Å². The number of anilines is 1. The van der Waals surface area contributed by atoms with Gasteiger partial charge in [-0.05, 0) is 36.4 Å². The second kappa shape index (κ2) is 5.71. The largest absolute Gasteiger partial charge is 0.508 e. The SMILES string of the molecule is O=C(Cc1c(F)cccc1Cl)Nc1ccc(O)cc1. The maximum absolute atomic E-state index is 13.5. The minimum atomic E-state index is -0.506. The van der Waals surface area contributed by atoms with E-state index in [1.165, 1.54) is 30.3 Å².